The van der Waals surface area contributed by atoms with Crippen molar-refractivity contribution in [2.75, 3.05) is 39.3 Å². The second kappa shape index (κ2) is 24.0. The van der Waals surface area contributed by atoms with Crippen molar-refractivity contribution in [2.45, 2.75) is 45.6 Å². The van der Waals surface area contributed by atoms with E-state index in [4.69, 9.17) is 10.8 Å². The smallest absolute Gasteiger partial charge is 0.356 e. The fourth-order valence-electron chi connectivity index (χ4n) is 8.19. The van der Waals surface area contributed by atoms with Crippen LogP contribution in [0.3, 0.4) is 0 Å². The van der Waals surface area contributed by atoms with Crippen molar-refractivity contribution in [3.8, 4) is 22.3 Å². The van der Waals surface area contributed by atoms with E-state index >= 15 is 0 Å². The number of amides is 1. The zero-order chi connectivity index (χ0) is 48.6. The number of pyridine rings is 2. The van der Waals surface area contributed by atoms with Crippen LogP contribution in [0.4, 0.5) is 0 Å². The highest BCUT2D eigenvalue weighted by molar-refractivity contribution is 7.59. The lowest BCUT2D eigenvalue weighted by Crippen LogP contribution is -2.42. The van der Waals surface area contributed by atoms with Gasteiger partial charge in [0.15, 0.2) is 5.69 Å². The first-order chi connectivity index (χ1) is 33.3. The first-order valence-corrected chi connectivity index (χ1v) is 22.5. The monoisotopic (exact) mass is 984 g/mol. The number of hydrogen-bond donors (Lipinski definition) is 5. The highest BCUT2D eigenvalue weighted by Crippen LogP contribution is 2.21. The molecular formula is C51H60N12O7S. The first kappa shape index (κ1) is 53.0. The van der Waals surface area contributed by atoms with Crippen LogP contribution < -0.4 is 22.2 Å². The second-order valence-electron chi connectivity index (χ2n) is 17.1. The summed E-state index contributed by atoms with van der Waals surface area (Å²) in [5, 5.41) is 31.6. The van der Waals surface area contributed by atoms with Gasteiger partial charge in [0.1, 0.15) is 5.69 Å². The van der Waals surface area contributed by atoms with Gasteiger partial charge in [-0.15, -0.1) is 0 Å². The van der Waals surface area contributed by atoms with Crippen molar-refractivity contribution in [1.82, 2.24) is 53.0 Å². The van der Waals surface area contributed by atoms with Crippen molar-refractivity contribution in [3.05, 3.63) is 177 Å². The normalized spacial score (nSPS) is 14.0. The number of carbonyl (C=O) groups excluding carboxylic acids is 1. The molecule has 6 N–H and O–H groups in total. The van der Waals surface area contributed by atoms with Gasteiger partial charge >= 0.3 is 5.97 Å². The SMILES string of the molecule is C.Cn1ccc(-c2cnc3nc(C(=O)NC[C@H](O)CN4CCc5ccccc5C4)cn3c2)cc1=O.Cn1ccc(-c2cnc3nc(C(=O)O)cn3c2)cc1=O.NC[C@H](O)CN1CCc2ccccc2C1.S. The Balaban J connectivity index is 0.000000189. The Bertz CT molecular complexity index is 3240. The number of aromatic nitrogens is 8. The molecule has 20 heteroatoms. The Morgan fingerprint density at radius 1 is 0.662 bits per heavy atom. The number of benzene rings is 2. The number of imidazole rings is 2. The van der Waals surface area contributed by atoms with Crippen LogP contribution in [0, 0.1) is 0 Å². The van der Waals surface area contributed by atoms with Crippen LogP contribution in [0.5, 0.6) is 0 Å². The number of aliphatic hydroxyl groups is 2. The average molecular weight is 985 g/mol. The minimum absolute atomic E-state index is 0. The minimum atomic E-state index is -1.11. The quantitative estimate of drug-likeness (QED) is 0.125. The summed E-state index contributed by atoms with van der Waals surface area (Å²) >= 11 is 0. The Kier molecular flexibility index (Phi) is 17.9. The number of β-amino-alcohol motifs (C(OH)–C–C–N with tert-alkyl or cyclic N) is 2. The molecule has 10 rings (SSSR count). The number of rotatable bonds is 11. The number of carboxylic acid groups (broad SMARTS) is 1. The number of carbonyl (C=O) groups is 2. The van der Waals surface area contributed by atoms with E-state index in [9.17, 15) is 29.4 Å². The minimum Gasteiger partial charge on any atom is -0.476 e. The molecule has 1 amide bonds. The zero-order valence-corrected chi connectivity index (χ0v) is 39.8. The fourth-order valence-corrected chi connectivity index (χ4v) is 8.19. The predicted molar refractivity (Wildman–Crippen MR) is 276 cm³/mol. The predicted octanol–water partition coefficient (Wildman–Crippen LogP) is 3.15. The molecule has 2 aliphatic rings. The first-order valence-electron chi connectivity index (χ1n) is 22.5. The zero-order valence-electron chi connectivity index (χ0n) is 38.8. The molecule has 0 saturated carbocycles. The number of carboxylic acids is 1. The summed E-state index contributed by atoms with van der Waals surface area (Å²) in [4.78, 5) is 68.0. The highest BCUT2D eigenvalue weighted by atomic mass is 32.1. The van der Waals surface area contributed by atoms with Gasteiger partial charge in [-0.1, -0.05) is 56.0 Å². The molecule has 0 aliphatic carbocycles. The van der Waals surface area contributed by atoms with Crippen molar-refractivity contribution in [1.29, 1.82) is 0 Å². The number of nitrogens with two attached hydrogens (primary N) is 1. The van der Waals surface area contributed by atoms with Gasteiger partial charge in [0.25, 0.3) is 17.0 Å². The molecule has 372 valence electrons. The standard InChI is InChI=1S/C25H26N6O3.C13H10N4O3.C12H18N2O.CH4.H2S/c1-29-8-6-18(10-23(29)33)20-11-27-25-28-22(16-31(25)14-20)24(34)26-12-21(32)15-30-9-7-17-4-2-3-5-19(17)13-30;1-16-3-2-8(4-11(16)18)9-5-14-13-15-10(12(19)20)7-17(13)6-9;13-7-12(15)9-14-6-5-10-3-1-2-4-11(10)8-14;;/h2-6,8,10-11,14,16,21,32H,7,9,12-13,15H2,1H3,(H,26,34);2-7H,1H3,(H,19,20);1-4,12,15H,5-9,13H2;1H4;1H2/t21-;;12-;;/m0.0../s1. The summed E-state index contributed by atoms with van der Waals surface area (Å²) in [6, 6.07) is 23.5. The number of aryl methyl sites for hydroxylation is 2. The van der Waals surface area contributed by atoms with E-state index in [-0.39, 0.29) is 55.9 Å². The summed E-state index contributed by atoms with van der Waals surface area (Å²) in [6.45, 7) is 5.30. The van der Waals surface area contributed by atoms with Gasteiger partial charge < -0.3 is 35.5 Å². The number of aromatic carboxylic acids is 1. The average Bonchev–Trinajstić information content (AvgIpc) is 4.00. The molecule has 2 atom stereocenters. The van der Waals surface area contributed by atoms with E-state index in [1.807, 2.05) is 12.1 Å². The van der Waals surface area contributed by atoms with Crippen LogP contribution in [0.15, 0.2) is 132 Å². The number of nitrogens with zero attached hydrogens (tertiary/aromatic N) is 10. The molecule has 2 aliphatic heterocycles. The molecule has 0 radical (unpaired) electrons. The van der Waals surface area contributed by atoms with E-state index in [0.29, 0.717) is 42.3 Å². The molecule has 19 nitrogen and oxygen atoms in total. The van der Waals surface area contributed by atoms with Crippen molar-refractivity contribution in [2.24, 2.45) is 19.8 Å². The fraction of sp³-hybridized carbons (Fsp3) is 0.294. The molecule has 8 aromatic rings. The third-order valence-corrected chi connectivity index (χ3v) is 12.1. The molecule has 6 aromatic heterocycles. The second-order valence-corrected chi connectivity index (χ2v) is 17.1. The van der Waals surface area contributed by atoms with Gasteiger partial charge in [0.05, 0.1) is 12.2 Å². The maximum absolute atomic E-state index is 12.6. The van der Waals surface area contributed by atoms with Crippen molar-refractivity contribution < 1.29 is 24.9 Å². The lowest BCUT2D eigenvalue weighted by molar-refractivity contribution is 0.0690. The van der Waals surface area contributed by atoms with Gasteiger partial charge in [-0.25, -0.2) is 24.7 Å². The van der Waals surface area contributed by atoms with E-state index < -0.39 is 18.2 Å². The molecule has 0 unspecified atom stereocenters. The molecule has 0 fully saturated rings. The Hall–Kier alpha value is -7.33. The molecule has 2 aromatic carbocycles. The van der Waals surface area contributed by atoms with E-state index in [1.165, 1.54) is 54.1 Å². The number of hydrogen-bond acceptors (Lipinski definition) is 13. The van der Waals surface area contributed by atoms with Crippen molar-refractivity contribution in [3.63, 3.8) is 0 Å². The molecule has 71 heavy (non-hydrogen) atoms. The maximum Gasteiger partial charge on any atom is 0.356 e. The van der Waals surface area contributed by atoms with E-state index in [1.54, 1.807) is 67.9 Å². The molecular weight excluding hydrogens is 925 g/mol. The summed E-state index contributed by atoms with van der Waals surface area (Å²) < 4.78 is 6.14. The topological polar surface area (TPSA) is 244 Å². The van der Waals surface area contributed by atoms with Crippen LogP contribution in [0.25, 0.3) is 33.8 Å². The molecule has 0 saturated heterocycles. The lowest BCUT2D eigenvalue weighted by atomic mass is 10.00. The number of aliphatic hydroxyl groups excluding tert-OH is 2. The Morgan fingerprint density at radius 2 is 1.11 bits per heavy atom. The number of nitrogens with one attached hydrogen (secondary N) is 1. The maximum atomic E-state index is 12.6. The Morgan fingerprint density at radius 3 is 1.58 bits per heavy atom. The van der Waals surface area contributed by atoms with Crippen LogP contribution in [0.1, 0.15) is 50.7 Å². The van der Waals surface area contributed by atoms with Crippen molar-refractivity contribution >= 4 is 36.9 Å². The Labute approximate surface area is 417 Å². The molecule has 0 bridgehead atoms. The largest absolute Gasteiger partial charge is 0.476 e. The van der Waals surface area contributed by atoms with E-state index in [0.717, 1.165) is 50.1 Å². The summed E-state index contributed by atoms with van der Waals surface area (Å²) in [7, 11) is 3.36. The molecule has 8 heterocycles. The third kappa shape index (κ3) is 13.3. The van der Waals surface area contributed by atoms with Gasteiger partial charge in [0, 0.05) is 139 Å². The van der Waals surface area contributed by atoms with Gasteiger partial charge in [-0.3, -0.25) is 33.0 Å². The highest BCUT2D eigenvalue weighted by Gasteiger charge is 2.21. The van der Waals surface area contributed by atoms with Crippen LogP contribution in [-0.4, -0.2) is 126 Å². The summed E-state index contributed by atoms with van der Waals surface area (Å²) in [6.07, 6.45) is 14.0. The number of fused-ring (bicyclic) bond motifs is 4. The third-order valence-electron chi connectivity index (χ3n) is 12.1. The van der Waals surface area contributed by atoms with E-state index in [2.05, 4.69) is 77.5 Å². The summed E-state index contributed by atoms with van der Waals surface area (Å²) in [5.74, 6) is -0.797. The summed E-state index contributed by atoms with van der Waals surface area (Å²) in [5.41, 5.74) is 13.7. The lowest BCUT2D eigenvalue weighted by Gasteiger charge is -2.30. The van der Waals surface area contributed by atoms with Crippen LogP contribution >= 0.6 is 13.5 Å². The van der Waals surface area contributed by atoms with Gasteiger partial charge in [-0.05, 0) is 58.4 Å². The van der Waals surface area contributed by atoms with Gasteiger partial charge in [0.2, 0.25) is 11.6 Å². The van der Waals surface area contributed by atoms with Crippen LogP contribution in [-0.2, 0) is 40.0 Å². The van der Waals surface area contributed by atoms with Gasteiger partial charge in [-0.2, -0.15) is 13.5 Å². The molecule has 0 spiro atoms. The van der Waals surface area contributed by atoms with Crippen LogP contribution in [0.2, 0.25) is 0 Å².